The minimum atomic E-state index is -0.738. The van der Waals surface area contributed by atoms with Crippen LogP contribution < -0.4 is 10.1 Å². The number of ether oxygens (including phenoxy) is 3. The SMILES string of the molecule is COc1ccc([C@H](OC(=O)Nc2ccc(C(C)=O)cc2)[C@H](C)CCOC(=O)CS)cc1O. The van der Waals surface area contributed by atoms with Crippen LogP contribution in [0.4, 0.5) is 10.5 Å². The second-order valence-corrected chi connectivity index (χ2v) is 7.48. The number of nitrogens with one attached hydrogen (secondary N) is 1. The van der Waals surface area contributed by atoms with Gasteiger partial charge in [-0.1, -0.05) is 13.0 Å². The molecule has 0 saturated carbocycles. The summed E-state index contributed by atoms with van der Waals surface area (Å²) in [5.41, 5.74) is 1.55. The maximum absolute atomic E-state index is 12.6. The van der Waals surface area contributed by atoms with E-state index in [9.17, 15) is 19.5 Å². The van der Waals surface area contributed by atoms with E-state index in [1.165, 1.54) is 20.1 Å². The number of carbonyl (C=O) groups is 3. The van der Waals surface area contributed by atoms with Gasteiger partial charge in [-0.25, -0.2) is 4.79 Å². The van der Waals surface area contributed by atoms with E-state index in [-0.39, 0.29) is 35.6 Å². The Morgan fingerprint density at radius 1 is 1.12 bits per heavy atom. The molecule has 8 nitrogen and oxygen atoms in total. The largest absolute Gasteiger partial charge is 0.504 e. The maximum atomic E-state index is 12.6. The first kappa shape index (κ1) is 25.1. The quantitative estimate of drug-likeness (QED) is 0.273. The second-order valence-electron chi connectivity index (χ2n) is 7.16. The number of methoxy groups -OCH3 is 1. The molecule has 0 aliphatic carbocycles. The van der Waals surface area contributed by atoms with Crippen molar-refractivity contribution in [3.8, 4) is 11.5 Å². The molecular formula is C23H27NO7S. The van der Waals surface area contributed by atoms with Gasteiger partial charge in [0.15, 0.2) is 17.3 Å². The number of benzene rings is 2. The Hall–Kier alpha value is -3.20. The molecule has 2 aromatic carbocycles. The predicted octanol–water partition coefficient (Wildman–Crippen LogP) is 4.39. The lowest BCUT2D eigenvalue weighted by atomic mass is 9.94. The van der Waals surface area contributed by atoms with Crippen LogP contribution in [0.15, 0.2) is 42.5 Å². The summed E-state index contributed by atoms with van der Waals surface area (Å²) in [4.78, 5) is 35.3. The van der Waals surface area contributed by atoms with Crippen LogP contribution in [0.25, 0.3) is 0 Å². The molecule has 1 amide bonds. The third-order valence-corrected chi connectivity index (χ3v) is 5.04. The van der Waals surface area contributed by atoms with Gasteiger partial charge in [0.1, 0.15) is 6.10 Å². The Bertz CT molecular complexity index is 946. The molecule has 0 fully saturated rings. The highest BCUT2D eigenvalue weighted by atomic mass is 32.1. The van der Waals surface area contributed by atoms with Crippen molar-refractivity contribution in [1.82, 2.24) is 0 Å². The lowest BCUT2D eigenvalue weighted by Gasteiger charge is -2.25. The van der Waals surface area contributed by atoms with Crippen molar-refractivity contribution in [2.24, 2.45) is 5.92 Å². The van der Waals surface area contributed by atoms with E-state index in [2.05, 4.69) is 17.9 Å². The zero-order valence-corrected chi connectivity index (χ0v) is 19.1. The van der Waals surface area contributed by atoms with E-state index < -0.39 is 18.2 Å². The molecule has 0 heterocycles. The van der Waals surface area contributed by atoms with Crippen molar-refractivity contribution >= 4 is 36.2 Å². The van der Waals surface area contributed by atoms with Crippen molar-refractivity contribution in [3.05, 3.63) is 53.6 Å². The summed E-state index contributed by atoms with van der Waals surface area (Å²) in [7, 11) is 1.44. The molecule has 2 atom stereocenters. The van der Waals surface area contributed by atoms with Crippen molar-refractivity contribution in [2.75, 3.05) is 24.8 Å². The third-order valence-electron chi connectivity index (χ3n) is 4.79. The summed E-state index contributed by atoms with van der Waals surface area (Å²) in [6.45, 7) is 3.44. The van der Waals surface area contributed by atoms with E-state index in [4.69, 9.17) is 14.2 Å². The second kappa shape index (κ2) is 12.0. The van der Waals surface area contributed by atoms with Crippen molar-refractivity contribution in [3.63, 3.8) is 0 Å². The Kier molecular flexibility index (Phi) is 9.39. The van der Waals surface area contributed by atoms with Crippen molar-refractivity contribution < 1.29 is 33.7 Å². The number of esters is 1. The van der Waals surface area contributed by atoms with Gasteiger partial charge in [-0.05, 0) is 55.3 Å². The van der Waals surface area contributed by atoms with Gasteiger partial charge < -0.3 is 19.3 Å². The number of Topliss-reactive ketones (excluding diaryl/α,β-unsaturated/α-hetero) is 1. The first-order valence-electron chi connectivity index (χ1n) is 9.97. The molecular weight excluding hydrogens is 434 g/mol. The number of hydrogen-bond donors (Lipinski definition) is 3. The van der Waals surface area contributed by atoms with E-state index in [0.717, 1.165) is 0 Å². The molecule has 172 valence electrons. The molecule has 2 aromatic rings. The number of amides is 1. The maximum Gasteiger partial charge on any atom is 0.412 e. The van der Waals surface area contributed by atoms with E-state index in [0.29, 0.717) is 23.2 Å². The van der Waals surface area contributed by atoms with Crippen LogP contribution in [0.5, 0.6) is 11.5 Å². The monoisotopic (exact) mass is 461 g/mol. The number of ketones is 1. The minimum Gasteiger partial charge on any atom is -0.504 e. The van der Waals surface area contributed by atoms with Gasteiger partial charge in [-0.2, -0.15) is 12.6 Å². The van der Waals surface area contributed by atoms with Crippen LogP contribution >= 0.6 is 12.6 Å². The number of hydrogen-bond acceptors (Lipinski definition) is 8. The van der Waals surface area contributed by atoms with Crippen LogP contribution in [0.3, 0.4) is 0 Å². The summed E-state index contributed by atoms with van der Waals surface area (Å²) in [6, 6.07) is 11.2. The molecule has 0 bridgehead atoms. The summed E-state index contributed by atoms with van der Waals surface area (Å²) < 4.78 is 15.8. The summed E-state index contributed by atoms with van der Waals surface area (Å²) in [6.07, 6.45) is -1.03. The zero-order chi connectivity index (χ0) is 23.7. The van der Waals surface area contributed by atoms with Gasteiger partial charge in [0.25, 0.3) is 0 Å². The predicted molar refractivity (Wildman–Crippen MR) is 123 cm³/mol. The molecule has 0 aliphatic rings. The number of thiol groups is 1. The fraction of sp³-hybridized carbons (Fsp3) is 0.348. The zero-order valence-electron chi connectivity index (χ0n) is 18.2. The van der Waals surface area contributed by atoms with Gasteiger partial charge in [0.2, 0.25) is 0 Å². The van der Waals surface area contributed by atoms with Crippen LogP contribution in [0.2, 0.25) is 0 Å². The number of phenolic OH excluding ortho intramolecular Hbond substituents is 1. The van der Waals surface area contributed by atoms with Crippen LogP contribution in [0.1, 0.15) is 42.3 Å². The summed E-state index contributed by atoms with van der Waals surface area (Å²) in [5, 5.41) is 12.8. The van der Waals surface area contributed by atoms with Gasteiger partial charge in [-0.3, -0.25) is 14.9 Å². The van der Waals surface area contributed by atoms with E-state index in [1.54, 1.807) is 36.4 Å². The molecule has 32 heavy (non-hydrogen) atoms. The Labute approximate surface area is 192 Å². The lowest BCUT2D eigenvalue weighted by molar-refractivity contribution is -0.141. The molecule has 0 aliphatic heterocycles. The fourth-order valence-electron chi connectivity index (χ4n) is 3.00. The smallest absolute Gasteiger partial charge is 0.412 e. The van der Waals surface area contributed by atoms with Crippen LogP contribution in [-0.2, 0) is 14.3 Å². The standard InChI is InChI=1S/C23H27NO7S/c1-14(10-11-30-21(27)13-32)22(17-6-9-20(29-3)19(26)12-17)31-23(28)24-18-7-4-16(5-8-18)15(2)25/h4-9,12,14,22,26,32H,10-11,13H2,1-3H3,(H,24,28)/t14-,22-/m1/s1. The molecule has 0 spiro atoms. The average molecular weight is 462 g/mol. The number of aromatic hydroxyl groups is 1. The fourth-order valence-corrected chi connectivity index (χ4v) is 3.09. The van der Waals surface area contributed by atoms with Crippen LogP contribution in [0, 0.1) is 5.92 Å². The van der Waals surface area contributed by atoms with Gasteiger partial charge >= 0.3 is 12.1 Å². The number of anilines is 1. The first-order valence-corrected chi connectivity index (χ1v) is 10.6. The van der Waals surface area contributed by atoms with Crippen molar-refractivity contribution in [1.29, 1.82) is 0 Å². The lowest BCUT2D eigenvalue weighted by Crippen LogP contribution is -2.23. The molecule has 2 rings (SSSR count). The number of phenols is 1. The first-order chi connectivity index (χ1) is 15.2. The summed E-state index contributed by atoms with van der Waals surface area (Å²) in [5.74, 6) is -0.588. The Morgan fingerprint density at radius 2 is 1.81 bits per heavy atom. The minimum absolute atomic E-state index is 0.0223. The number of rotatable bonds is 10. The summed E-state index contributed by atoms with van der Waals surface area (Å²) >= 11 is 3.87. The highest BCUT2D eigenvalue weighted by molar-refractivity contribution is 7.81. The Balaban J connectivity index is 2.15. The molecule has 9 heteroatoms. The van der Waals surface area contributed by atoms with E-state index in [1.807, 2.05) is 6.92 Å². The highest BCUT2D eigenvalue weighted by Crippen LogP contribution is 2.35. The third kappa shape index (κ3) is 7.19. The average Bonchev–Trinajstić information content (AvgIpc) is 2.77. The van der Waals surface area contributed by atoms with Gasteiger partial charge in [-0.15, -0.1) is 0 Å². The molecule has 0 radical (unpaired) electrons. The highest BCUT2D eigenvalue weighted by Gasteiger charge is 2.25. The van der Waals surface area contributed by atoms with E-state index >= 15 is 0 Å². The van der Waals surface area contributed by atoms with Crippen LogP contribution in [-0.4, -0.2) is 42.4 Å². The number of carbonyl (C=O) groups excluding carboxylic acids is 3. The topological polar surface area (TPSA) is 111 Å². The molecule has 0 unspecified atom stereocenters. The Morgan fingerprint density at radius 3 is 2.38 bits per heavy atom. The van der Waals surface area contributed by atoms with Gasteiger partial charge in [0, 0.05) is 17.2 Å². The van der Waals surface area contributed by atoms with Gasteiger partial charge in [0.05, 0.1) is 19.5 Å². The molecule has 2 N–H and O–H groups in total. The normalized spacial score (nSPS) is 12.4. The molecule has 0 saturated heterocycles. The molecule has 0 aromatic heterocycles. The van der Waals surface area contributed by atoms with Crippen molar-refractivity contribution in [2.45, 2.75) is 26.4 Å².